The number of rotatable bonds is 12. The van der Waals surface area contributed by atoms with Crippen LogP contribution in [0.4, 0.5) is 45.5 Å². The van der Waals surface area contributed by atoms with E-state index in [1.54, 1.807) is 32.5 Å². The molecule has 0 atom stereocenters. The normalized spacial score (nSPS) is 13.3. The zero-order chi connectivity index (χ0) is 47.0. The van der Waals surface area contributed by atoms with Gasteiger partial charge in [0.2, 0.25) is 0 Å². The van der Waals surface area contributed by atoms with E-state index in [4.69, 9.17) is 0 Å². The second-order valence-electron chi connectivity index (χ2n) is 16.8. The van der Waals surface area contributed by atoms with Crippen molar-refractivity contribution < 1.29 is 9.59 Å². The van der Waals surface area contributed by atoms with Crippen molar-refractivity contribution in [1.29, 1.82) is 0 Å². The molecular formula is C62H42N4O2S2. The van der Waals surface area contributed by atoms with Gasteiger partial charge >= 0.3 is 0 Å². The summed E-state index contributed by atoms with van der Waals surface area (Å²) in [5.74, 6) is -0.359. The van der Waals surface area contributed by atoms with Crippen LogP contribution in [-0.2, 0) is 9.59 Å². The Morgan fingerprint density at radius 1 is 0.271 bits per heavy atom. The number of para-hydroxylation sites is 6. The lowest BCUT2D eigenvalue weighted by atomic mass is 10.1. The van der Waals surface area contributed by atoms with Gasteiger partial charge in [-0.1, -0.05) is 133 Å². The molecule has 2 aliphatic rings. The van der Waals surface area contributed by atoms with Crippen LogP contribution >= 0.6 is 22.7 Å². The summed E-state index contributed by atoms with van der Waals surface area (Å²) >= 11 is 3.11. The van der Waals surface area contributed by atoms with E-state index in [1.807, 2.05) is 97.1 Å². The lowest BCUT2D eigenvalue weighted by Crippen LogP contribution is -2.26. The molecule has 0 spiro atoms. The Balaban J connectivity index is 0.943. The first-order valence-corrected chi connectivity index (χ1v) is 24.7. The van der Waals surface area contributed by atoms with E-state index in [0.29, 0.717) is 33.9 Å². The Labute approximate surface area is 414 Å². The minimum absolute atomic E-state index is 0.180. The van der Waals surface area contributed by atoms with E-state index < -0.39 is 0 Å². The number of carbonyl (C=O) groups excluding carboxylic acids is 2. The van der Waals surface area contributed by atoms with Gasteiger partial charge in [0.1, 0.15) is 0 Å². The molecule has 70 heavy (non-hydrogen) atoms. The first kappa shape index (κ1) is 42.5. The van der Waals surface area contributed by atoms with Gasteiger partial charge < -0.3 is 9.80 Å². The van der Waals surface area contributed by atoms with Gasteiger partial charge in [0, 0.05) is 65.0 Å². The van der Waals surface area contributed by atoms with E-state index in [0.717, 1.165) is 64.8 Å². The molecule has 2 amide bonds. The second kappa shape index (κ2) is 18.3. The summed E-state index contributed by atoms with van der Waals surface area (Å²) in [6.45, 7) is 0. The molecule has 0 saturated heterocycles. The van der Waals surface area contributed by atoms with E-state index in [1.165, 1.54) is 0 Å². The summed E-state index contributed by atoms with van der Waals surface area (Å²) in [6.07, 6.45) is 0. The molecule has 0 N–H and O–H groups in total. The Kier molecular flexibility index (Phi) is 11.1. The number of nitrogens with zero attached hydrogens (tertiary/aromatic N) is 4. The maximum absolute atomic E-state index is 15.3. The van der Waals surface area contributed by atoms with Gasteiger partial charge in [-0.2, -0.15) is 0 Å². The largest absolute Gasteiger partial charge is 0.311 e. The summed E-state index contributed by atoms with van der Waals surface area (Å²) in [5.41, 5.74) is 11.9. The number of thiophene rings is 2. The summed E-state index contributed by atoms with van der Waals surface area (Å²) in [5, 5.41) is 0. The number of benzene rings is 8. The fourth-order valence-corrected chi connectivity index (χ4v) is 11.5. The molecule has 12 rings (SSSR count). The van der Waals surface area contributed by atoms with Gasteiger partial charge in [-0.05, 0) is 132 Å². The zero-order valence-corrected chi connectivity index (χ0v) is 39.3. The summed E-state index contributed by atoms with van der Waals surface area (Å²) < 4.78 is 0. The molecule has 0 bridgehead atoms. The van der Waals surface area contributed by atoms with Crippen LogP contribution < -0.4 is 19.6 Å². The third-order valence-corrected chi connectivity index (χ3v) is 14.9. The Morgan fingerprint density at radius 3 is 0.829 bits per heavy atom. The minimum atomic E-state index is -0.180. The first-order chi connectivity index (χ1) is 34.6. The molecule has 8 aromatic carbocycles. The average Bonchev–Trinajstić information content (AvgIpc) is 4.23. The monoisotopic (exact) mass is 938 g/mol. The van der Waals surface area contributed by atoms with Crippen LogP contribution in [0.1, 0.15) is 9.75 Å². The zero-order valence-electron chi connectivity index (χ0n) is 37.7. The van der Waals surface area contributed by atoms with Crippen LogP contribution in [0.5, 0.6) is 0 Å². The van der Waals surface area contributed by atoms with Gasteiger partial charge in [0.05, 0.1) is 22.5 Å². The highest BCUT2D eigenvalue weighted by Crippen LogP contribution is 2.53. The van der Waals surface area contributed by atoms with Crippen LogP contribution in [0.25, 0.3) is 32.0 Å². The van der Waals surface area contributed by atoms with Crippen molar-refractivity contribution in [2.45, 2.75) is 0 Å². The molecule has 0 unspecified atom stereocenters. The van der Waals surface area contributed by atoms with Crippen molar-refractivity contribution in [3.63, 3.8) is 0 Å². The number of hydrogen-bond acceptors (Lipinski definition) is 6. The number of carbonyl (C=O) groups is 2. The third kappa shape index (κ3) is 7.71. The quantitative estimate of drug-likeness (QED) is 0.122. The van der Waals surface area contributed by atoms with Crippen molar-refractivity contribution in [3.8, 4) is 20.9 Å². The highest BCUT2D eigenvalue weighted by molar-refractivity contribution is 7.17. The molecule has 2 aliphatic heterocycles. The number of fused-ring (bicyclic) bond motifs is 1. The fraction of sp³-hybridized carbons (Fsp3) is 0. The Morgan fingerprint density at radius 2 is 0.529 bits per heavy atom. The van der Waals surface area contributed by atoms with E-state index in [-0.39, 0.29) is 11.8 Å². The predicted molar refractivity (Wildman–Crippen MR) is 291 cm³/mol. The molecule has 2 aromatic heterocycles. The van der Waals surface area contributed by atoms with Crippen LogP contribution in [0.15, 0.2) is 266 Å². The first-order valence-electron chi connectivity index (χ1n) is 23.1. The number of hydrogen-bond donors (Lipinski definition) is 0. The summed E-state index contributed by atoms with van der Waals surface area (Å²) in [7, 11) is 0. The Bertz CT molecular complexity index is 3240. The van der Waals surface area contributed by atoms with Gasteiger partial charge in [0.25, 0.3) is 11.8 Å². The highest BCUT2D eigenvalue weighted by Gasteiger charge is 2.50. The lowest BCUT2D eigenvalue weighted by molar-refractivity contribution is -0.112. The second-order valence-corrected chi connectivity index (χ2v) is 19.0. The van der Waals surface area contributed by atoms with Gasteiger partial charge in [-0.3, -0.25) is 19.4 Å². The fourth-order valence-electron chi connectivity index (χ4n) is 9.40. The molecule has 0 radical (unpaired) electrons. The number of amides is 2. The maximum Gasteiger partial charge on any atom is 0.266 e. The van der Waals surface area contributed by atoms with Crippen molar-refractivity contribution in [3.05, 3.63) is 276 Å². The molecule has 334 valence electrons. The van der Waals surface area contributed by atoms with Gasteiger partial charge in [-0.25, -0.2) is 0 Å². The number of anilines is 8. The van der Waals surface area contributed by atoms with E-state index in [2.05, 4.69) is 168 Å². The van der Waals surface area contributed by atoms with Crippen LogP contribution in [0.3, 0.4) is 0 Å². The lowest BCUT2D eigenvalue weighted by Gasteiger charge is -2.25. The molecule has 8 heteroatoms. The van der Waals surface area contributed by atoms with Gasteiger partial charge in [0.15, 0.2) is 0 Å². The standard InChI is InChI=1S/C62H42N4O2S2/c67-61-57(55-41-39-53(69-55)43-31-35-51(36-32-43)63(45-19-7-1-8-20-45)46-21-9-2-10-22-46)59-60(66(61)50-29-17-6-18-30-50)58(62(68)65(59)49-27-15-5-16-28-49)56-42-40-54(70-56)44-33-37-52(38-34-44)64(47-23-11-3-12-24-47)48-25-13-4-14-26-48/h1-42H. The van der Waals surface area contributed by atoms with Crippen LogP contribution in [-0.4, -0.2) is 11.8 Å². The van der Waals surface area contributed by atoms with E-state index in [9.17, 15) is 0 Å². The maximum atomic E-state index is 15.3. The average molecular weight is 939 g/mol. The topological polar surface area (TPSA) is 47.1 Å². The SMILES string of the molecule is O=C1C(c2ccc(-c3ccc(N(c4ccccc4)c4ccccc4)cc3)s2)=C2C(=C(c3ccc(-c4ccc(N(c5ccccc5)c5ccccc5)cc4)s3)C(=O)N2c2ccccc2)N1c1ccccc1. The Hall–Kier alpha value is -8.82. The molecule has 0 fully saturated rings. The van der Waals surface area contributed by atoms with E-state index >= 15 is 9.59 Å². The van der Waals surface area contributed by atoms with Crippen molar-refractivity contribution in [2.24, 2.45) is 0 Å². The molecule has 10 aromatic rings. The van der Waals surface area contributed by atoms with Crippen LogP contribution in [0.2, 0.25) is 0 Å². The third-order valence-electron chi connectivity index (χ3n) is 12.6. The molecule has 6 nitrogen and oxygen atoms in total. The molecule has 4 heterocycles. The van der Waals surface area contributed by atoms with Crippen LogP contribution in [0, 0.1) is 0 Å². The molecule has 0 aliphatic carbocycles. The highest BCUT2D eigenvalue weighted by atomic mass is 32.1. The predicted octanol–water partition coefficient (Wildman–Crippen LogP) is 16.3. The summed E-state index contributed by atoms with van der Waals surface area (Å²) in [6, 6.07) is 86.1. The van der Waals surface area contributed by atoms with Crippen molar-refractivity contribution >= 4 is 91.1 Å². The minimum Gasteiger partial charge on any atom is -0.311 e. The summed E-state index contributed by atoms with van der Waals surface area (Å²) in [4.78, 5) is 42.2. The molecule has 0 saturated carbocycles. The smallest absolute Gasteiger partial charge is 0.266 e. The molecular weight excluding hydrogens is 897 g/mol. The van der Waals surface area contributed by atoms with Crippen molar-refractivity contribution in [2.75, 3.05) is 19.6 Å². The van der Waals surface area contributed by atoms with Crippen molar-refractivity contribution in [1.82, 2.24) is 0 Å². The van der Waals surface area contributed by atoms with Gasteiger partial charge in [-0.15, -0.1) is 22.7 Å².